The van der Waals surface area contributed by atoms with Gasteiger partial charge in [0.05, 0.1) is 5.60 Å². The van der Waals surface area contributed by atoms with Crippen molar-refractivity contribution < 1.29 is 5.11 Å². The lowest BCUT2D eigenvalue weighted by molar-refractivity contribution is 0.0250. The van der Waals surface area contributed by atoms with Crippen LogP contribution in [-0.2, 0) is 0 Å². The van der Waals surface area contributed by atoms with Gasteiger partial charge in [0.2, 0.25) is 0 Å². The van der Waals surface area contributed by atoms with Crippen LogP contribution in [0.15, 0.2) is 22.7 Å². The van der Waals surface area contributed by atoms with Gasteiger partial charge in [-0.2, -0.15) is 0 Å². The van der Waals surface area contributed by atoms with Gasteiger partial charge < -0.3 is 15.7 Å². The monoisotopic (exact) mass is 298 g/mol. The molecule has 1 aliphatic heterocycles. The second kappa shape index (κ2) is 4.96. The molecule has 0 bridgehead atoms. The standard InChI is InChI=1S/C13H19BrN2O/c1-10-8-11(2-3-12(10)14)16-6-4-13(17,9-15)5-7-16/h2-3,8,17H,4-7,9,15H2,1H3. The molecule has 3 nitrogen and oxygen atoms in total. The molecule has 0 radical (unpaired) electrons. The van der Waals surface area contributed by atoms with E-state index in [1.165, 1.54) is 11.3 Å². The smallest absolute Gasteiger partial charge is 0.0803 e. The van der Waals surface area contributed by atoms with Crippen molar-refractivity contribution in [1.82, 2.24) is 0 Å². The maximum atomic E-state index is 10.1. The van der Waals surface area contributed by atoms with Crippen LogP contribution in [0.3, 0.4) is 0 Å². The summed E-state index contributed by atoms with van der Waals surface area (Å²) in [4.78, 5) is 2.31. The van der Waals surface area contributed by atoms with Crippen LogP contribution in [-0.4, -0.2) is 30.3 Å². The topological polar surface area (TPSA) is 49.5 Å². The van der Waals surface area contributed by atoms with Crippen LogP contribution in [0.1, 0.15) is 18.4 Å². The zero-order chi connectivity index (χ0) is 12.5. The number of anilines is 1. The summed E-state index contributed by atoms with van der Waals surface area (Å²) in [6.45, 7) is 4.19. The van der Waals surface area contributed by atoms with Gasteiger partial charge in [0.1, 0.15) is 0 Å². The minimum Gasteiger partial charge on any atom is -0.388 e. The van der Waals surface area contributed by atoms with Gasteiger partial charge in [-0.3, -0.25) is 0 Å². The average molecular weight is 299 g/mol. The Morgan fingerprint density at radius 1 is 1.41 bits per heavy atom. The first-order valence-corrected chi connectivity index (χ1v) is 6.77. The van der Waals surface area contributed by atoms with Crippen molar-refractivity contribution in [1.29, 1.82) is 0 Å². The van der Waals surface area contributed by atoms with Gasteiger partial charge in [0.25, 0.3) is 0 Å². The Bertz CT molecular complexity index is 400. The summed E-state index contributed by atoms with van der Waals surface area (Å²) in [6, 6.07) is 6.37. The quantitative estimate of drug-likeness (QED) is 0.878. The first-order valence-electron chi connectivity index (χ1n) is 5.98. The highest BCUT2D eigenvalue weighted by Gasteiger charge is 2.30. The molecule has 0 aromatic heterocycles. The van der Waals surface area contributed by atoms with E-state index < -0.39 is 5.60 Å². The molecular formula is C13H19BrN2O. The lowest BCUT2D eigenvalue weighted by Gasteiger charge is -2.38. The number of rotatable bonds is 2. The van der Waals surface area contributed by atoms with E-state index >= 15 is 0 Å². The van der Waals surface area contributed by atoms with Crippen molar-refractivity contribution in [3.05, 3.63) is 28.2 Å². The van der Waals surface area contributed by atoms with Crippen LogP contribution in [0.25, 0.3) is 0 Å². The van der Waals surface area contributed by atoms with Gasteiger partial charge in [0, 0.05) is 29.8 Å². The summed E-state index contributed by atoms with van der Waals surface area (Å²) in [5, 5.41) is 10.1. The van der Waals surface area contributed by atoms with Crippen molar-refractivity contribution in [3.63, 3.8) is 0 Å². The molecule has 17 heavy (non-hydrogen) atoms. The van der Waals surface area contributed by atoms with E-state index in [4.69, 9.17) is 5.73 Å². The predicted molar refractivity (Wildman–Crippen MR) is 74.3 cm³/mol. The molecule has 1 aromatic rings. The van der Waals surface area contributed by atoms with Gasteiger partial charge in [-0.1, -0.05) is 15.9 Å². The van der Waals surface area contributed by atoms with Crippen molar-refractivity contribution in [3.8, 4) is 0 Å². The van der Waals surface area contributed by atoms with Crippen molar-refractivity contribution in [2.75, 3.05) is 24.5 Å². The molecule has 0 spiro atoms. The maximum absolute atomic E-state index is 10.1. The third-order valence-electron chi connectivity index (χ3n) is 3.58. The molecule has 94 valence electrons. The van der Waals surface area contributed by atoms with E-state index in [2.05, 4.69) is 46.0 Å². The zero-order valence-electron chi connectivity index (χ0n) is 10.1. The fourth-order valence-corrected chi connectivity index (χ4v) is 2.46. The Kier molecular flexibility index (Phi) is 3.76. The summed E-state index contributed by atoms with van der Waals surface area (Å²) < 4.78 is 1.14. The molecule has 0 atom stereocenters. The Labute approximate surface area is 111 Å². The van der Waals surface area contributed by atoms with Gasteiger partial charge in [-0.15, -0.1) is 0 Å². The molecule has 0 unspecified atom stereocenters. The number of hydrogen-bond donors (Lipinski definition) is 2. The highest BCUT2D eigenvalue weighted by Crippen LogP contribution is 2.28. The maximum Gasteiger partial charge on any atom is 0.0803 e. The van der Waals surface area contributed by atoms with Crippen LogP contribution in [0.4, 0.5) is 5.69 Å². The van der Waals surface area contributed by atoms with Crippen LogP contribution in [0.2, 0.25) is 0 Å². The van der Waals surface area contributed by atoms with Crippen molar-refractivity contribution in [2.45, 2.75) is 25.4 Å². The first kappa shape index (κ1) is 12.9. The second-order valence-corrected chi connectivity index (χ2v) is 5.70. The molecule has 1 aliphatic rings. The lowest BCUT2D eigenvalue weighted by atomic mass is 9.91. The van der Waals surface area contributed by atoms with E-state index in [0.717, 1.165) is 30.4 Å². The minimum atomic E-state index is -0.652. The molecule has 1 heterocycles. The highest BCUT2D eigenvalue weighted by molar-refractivity contribution is 9.10. The van der Waals surface area contributed by atoms with E-state index in [-0.39, 0.29) is 0 Å². The minimum absolute atomic E-state index is 0.361. The van der Waals surface area contributed by atoms with Gasteiger partial charge in [-0.25, -0.2) is 0 Å². The van der Waals surface area contributed by atoms with Crippen LogP contribution in [0.5, 0.6) is 0 Å². The van der Waals surface area contributed by atoms with Crippen LogP contribution in [0, 0.1) is 6.92 Å². The van der Waals surface area contributed by atoms with E-state index in [1.807, 2.05) is 0 Å². The number of hydrogen-bond acceptors (Lipinski definition) is 3. The molecule has 0 saturated carbocycles. The molecule has 4 heteroatoms. The Balaban J connectivity index is 2.08. The van der Waals surface area contributed by atoms with Crippen molar-refractivity contribution >= 4 is 21.6 Å². The molecule has 0 amide bonds. The fourth-order valence-electron chi connectivity index (χ4n) is 2.21. The number of nitrogens with zero attached hydrogens (tertiary/aromatic N) is 1. The molecule has 2 rings (SSSR count). The van der Waals surface area contributed by atoms with E-state index in [9.17, 15) is 5.11 Å². The number of nitrogens with two attached hydrogens (primary N) is 1. The predicted octanol–water partition coefficient (Wildman–Crippen LogP) is 2.05. The molecule has 3 N–H and O–H groups in total. The number of aliphatic hydroxyl groups is 1. The second-order valence-electron chi connectivity index (χ2n) is 4.85. The number of halogens is 1. The average Bonchev–Trinajstić information content (AvgIpc) is 2.34. The van der Waals surface area contributed by atoms with Gasteiger partial charge in [0.15, 0.2) is 0 Å². The van der Waals surface area contributed by atoms with E-state index in [0.29, 0.717) is 6.54 Å². The Hall–Kier alpha value is -0.580. The zero-order valence-corrected chi connectivity index (χ0v) is 11.7. The van der Waals surface area contributed by atoms with Crippen molar-refractivity contribution in [2.24, 2.45) is 5.73 Å². The number of piperidine rings is 1. The first-order chi connectivity index (χ1) is 8.04. The molecular weight excluding hydrogens is 280 g/mol. The molecule has 1 fully saturated rings. The molecule has 0 aliphatic carbocycles. The summed E-state index contributed by atoms with van der Waals surface area (Å²) in [6.07, 6.45) is 1.50. The van der Waals surface area contributed by atoms with Crippen LogP contribution < -0.4 is 10.6 Å². The van der Waals surface area contributed by atoms with Gasteiger partial charge in [-0.05, 0) is 43.5 Å². The summed E-state index contributed by atoms with van der Waals surface area (Å²) in [5.41, 5.74) is 7.40. The molecule has 1 aromatic carbocycles. The Morgan fingerprint density at radius 3 is 2.59 bits per heavy atom. The Morgan fingerprint density at radius 2 is 2.06 bits per heavy atom. The number of benzene rings is 1. The third kappa shape index (κ3) is 2.81. The lowest BCUT2D eigenvalue weighted by Crippen LogP contribution is -2.48. The summed E-state index contributed by atoms with van der Waals surface area (Å²) in [5.74, 6) is 0. The summed E-state index contributed by atoms with van der Waals surface area (Å²) >= 11 is 3.51. The normalized spacial score (nSPS) is 19.4. The van der Waals surface area contributed by atoms with Gasteiger partial charge >= 0.3 is 0 Å². The third-order valence-corrected chi connectivity index (χ3v) is 4.47. The molecule has 1 saturated heterocycles. The largest absolute Gasteiger partial charge is 0.388 e. The SMILES string of the molecule is Cc1cc(N2CCC(O)(CN)CC2)ccc1Br. The fraction of sp³-hybridized carbons (Fsp3) is 0.538. The van der Waals surface area contributed by atoms with E-state index in [1.54, 1.807) is 0 Å². The highest BCUT2D eigenvalue weighted by atomic mass is 79.9. The van der Waals surface area contributed by atoms with Crippen LogP contribution >= 0.6 is 15.9 Å². The summed E-state index contributed by atoms with van der Waals surface area (Å²) in [7, 11) is 0. The number of aryl methyl sites for hydroxylation is 1.